The Labute approximate surface area is 131 Å². The van der Waals surface area contributed by atoms with Crippen LogP contribution in [0.4, 0.5) is 0 Å². The molecule has 0 unspecified atom stereocenters. The highest BCUT2D eigenvalue weighted by Gasteiger charge is 2.10. The standard InChI is InChI=1S/C17H13N3OS/c1-10-11(2)22-17-15(10)16(21)19-14(20-17)8-7-12-3-5-13(9-18)6-4-12/h3-8H,1-2H3,(H,19,20,21)/b8-7+. The van der Waals surface area contributed by atoms with Gasteiger partial charge in [-0.1, -0.05) is 18.2 Å². The van der Waals surface area contributed by atoms with E-state index in [1.165, 1.54) is 11.3 Å². The van der Waals surface area contributed by atoms with Crippen molar-refractivity contribution in [2.75, 3.05) is 0 Å². The summed E-state index contributed by atoms with van der Waals surface area (Å²) in [6, 6.07) is 9.30. The average molecular weight is 307 g/mol. The molecule has 0 spiro atoms. The number of thiophene rings is 1. The van der Waals surface area contributed by atoms with E-state index in [0.717, 1.165) is 20.8 Å². The minimum Gasteiger partial charge on any atom is -0.306 e. The zero-order chi connectivity index (χ0) is 15.7. The fourth-order valence-corrected chi connectivity index (χ4v) is 3.23. The first kappa shape index (κ1) is 14.2. The molecule has 22 heavy (non-hydrogen) atoms. The van der Waals surface area contributed by atoms with E-state index in [1.807, 2.05) is 32.1 Å². The zero-order valence-corrected chi connectivity index (χ0v) is 13.0. The summed E-state index contributed by atoms with van der Waals surface area (Å²) in [5, 5.41) is 9.45. The number of aryl methyl sites for hydroxylation is 2. The lowest BCUT2D eigenvalue weighted by Crippen LogP contribution is -2.09. The highest BCUT2D eigenvalue weighted by atomic mass is 32.1. The monoisotopic (exact) mass is 307 g/mol. The van der Waals surface area contributed by atoms with Crippen molar-refractivity contribution in [3.05, 3.63) is 62.0 Å². The lowest BCUT2D eigenvalue weighted by molar-refractivity contribution is 1.15. The van der Waals surface area contributed by atoms with Crippen molar-refractivity contribution < 1.29 is 0 Å². The Bertz CT molecular complexity index is 972. The zero-order valence-electron chi connectivity index (χ0n) is 12.2. The largest absolute Gasteiger partial charge is 0.306 e. The Morgan fingerprint density at radius 3 is 2.64 bits per heavy atom. The van der Waals surface area contributed by atoms with Crippen molar-refractivity contribution in [2.24, 2.45) is 0 Å². The quantitative estimate of drug-likeness (QED) is 0.785. The maximum atomic E-state index is 12.2. The molecule has 0 saturated heterocycles. The van der Waals surface area contributed by atoms with E-state index in [4.69, 9.17) is 5.26 Å². The number of H-pyrrole nitrogens is 1. The Kier molecular flexibility index (Phi) is 3.61. The Morgan fingerprint density at radius 1 is 1.23 bits per heavy atom. The van der Waals surface area contributed by atoms with E-state index < -0.39 is 0 Å². The van der Waals surface area contributed by atoms with Crippen LogP contribution in [0, 0.1) is 25.2 Å². The molecule has 3 rings (SSSR count). The van der Waals surface area contributed by atoms with E-state index >= 15 is 0 Å². The molecular weight excluding hydrogens is 294 g/mol. The third kappa shape index (κ3) is 2.57. The number of benzene rings is 1. The van der Waals surface area contributed by atoms with Crippen LogP contribution >= 0.6 is 11.3 Å². The van der Waals surface area contributed by atoms with Crippen LogP contribution in [0.25, 0.3) is 22.4 Å². The van der Waals surface area contributed by atoms with Gasteiger partial charge in [-0.15, -0.1) is 11.3 Å². The van der Waals surface area contributed by atoms with Gasteiger partial charge in [-0.2, -0.15) is 5.26 Å². The summed E-state index contributed by atoms with van der Waals surface area (Å²) in [6.07, 6.45) is 3.63. The molecule has 5 heteroatoms. The molecule has 2 heterocycles. The highest BCUT2D eigenvalue weighted by molar-refractivity contribution is 7.18. The first-order valence-electron chi connectivity index (χ1n) is 6.77. The maximum Gasteiger partial charge on any atom is 0.260 e. The van der Waals surface area contributed by atoms with Crippen molar-refractivity contribution >= 4 is 33.7 Å². The predicted molar refractivity (Wildman–Crippen MR) is 89.8 cm³/mol. The van der Waals surface area contributed by atoms with E-state index in [2.05, 4.69) is 16.0 Å². The number of hydrogen-bond donors (Lipinski definition) is 1. The fourth-order valence-electron chi connectivity index (χ4n) is 2.19. The molecule has 4 nitrogen and oxygen atoms in total. The molecule has 1 N–H and O–H groups in total. The van der Waals surface area contributed by atoms with Crippen LogP contribution < -0.4 is 5.56 Å². The van der Waals surface area contributed by atoms with Crippen molar-refractivity contribution in [3.8, 4) is 6.07 Å². The second-order valence-corrected chi connectivity index (χ2v) is 6.18. The minimum atomic E-state index is -0.105. The van der Waals surface area contributed by atoms with Gasteiger partial charge in [-0.3, -0.25) is 4.79 Å². The van der Waals surface area contributed by atoms with Gasteiger partial charge in [0.25, 0.3) is 5.56 Å². The number of nitrogens with one attached hydrogen (secondary N) is 1. The van der Waals surface area contributed by atoms with Gasteiger partial charge in [-0.05, 0) is 43.2 Å². The van der Waals surface area contributed by atoms with Crippen molar-refractivity contribution in [2.45, 2.75) is 13.8 Å². The Balaban J connectivity index is 1.98. The van der Waals surface area contributed by atoms with Crippen LogP contribution in [0.3, 0.4) is 0 Å². The summed E-state index contributed by atoms with van der Waals surface area (Å²) >= 11 is 1.53. The van der Waals surface area contributed by atoms with Crippen LogP contribution in [0.5, 0.6) is 0 Å². The summed E-state index contributed by atoms with van der Waals surface area (Å²) in [6.45, 7) is 3.94. The molecule has 0 radical (unpaired) electrons. The molecular formula is C17H13N3OS. The second kappa shape index (κ2) is 5.58. The minimum absolute atomic E-state index is 0.105. The van der Waals surface area contributed by atoms with Crippen molar-refractivity contribution in [1.29, 1.82) is 5.26 Å². The first-order chi connectivity index (χ1) is 10.6. The fraction of sp³-hybridized carbons (Fsp3) is 0.118. The molecule has 0 aliphatic carbocycles. The topological polar surface area (TPSA) is 69.5 Å². The third-order valence-corrected chi connectivity index (χ3v) is 4.63. The van der Waals surface area contributed by atoms with Crippen molar-refractivity contribution in [3.63, 3.8) is 0 Å². The molecule has 0 saturated carbocycles. The van der Waals surface area contributed by atoms with Crippen LogP contribution in [-0.4, -0.2) is 9.97 Å². The summed E-state index contributed by atoms with van der Waals surface area (Å²) in [5.41, 5.74) is 2.46. The van der Waals surface area contributed by atoms with E-state index in [0.29, 0.717) is 16.8 Å². The predicted octanol–water partition coefficient (Wildman–Crippen LogP) is 3.64. The average Bonchev–Trinajstić information content (AvgIpc) is 2.81. The van der Waals surface area contributed by atoms with Gasteiger partial charge in [0.05, 0.1) is 17.0 Å². The molecule has 0 amide bonds. The third-order valence-electron chi connectivity index (χ3n) is 3.53. The molecule has 0 aliphatic rings. The highest BCUT2D eigenvalue weighted by Crippen LogP contribution is 2.25. The van der Waals surface area contributed by atoms with Gasteiger partial charge in [0.2, 0.25) is 0 Å². The molecule has 0 aliphatic heterocycles. The molecule has 0 bridgehead atoms. The van der Waals surface area contributed by atoms with E-state index in [-0.39, 0.29) is 5.56 Å². The van der Waals surface area contributed by atoms with Crippen LogP contribution in [0.15, 0.2) is 29.1 Å². The van der Waals surface area contributed by atoms with Crippen molar-refractivity contribution in [1.82, 2.24) is 9.97 Å². The molecule has 0 atom stereocenters. The van der Waals surface area contributed by atoms with Crippen LogP contribution in [-0.2, 0) is 0 Å². The smallest absolute Gasteiger partial charge is 0.260 e. The molecule has 1 aromatic carbocycles. The molecule has 108 valence electrons. The van der Waals surface area contributed by atoms with Gasteiger partial charge in [0.15, 0.2) is 0 Å². The number of fused-ring (bicyclic) bond motifs is 1. The molecule has 0 fully saturated rings. The normalized spacial score (nSPS) is 11.1. The van der Waals surface area contributed by atoms with Gasteiger partial charge in [0.1, 0.15) is 10.7 Å². The summed E-state index contributed by atoms with van der Waals surface area (Å²) < 4.78 is 0. The number of rotatable bonds is 2. The second-order valence-electron chi connectivity index (χ2n) is 4.98. The molecule has 2 aromatic heterocycles. The lowest BCUT2D eigenvalue weighted by Gasteiger charge is -1.96. The number of hydrogen-bond acceptors (Lipinski definition) is 4. The van der Waals surface area contributed by atoms with Gasteiger partial charge < -0.3 is 4.98 Å². The van der Waals surface area contributed by atoms with E-state index in [1.54, 1.807) is 18.2 Å². The SMILES string of the molecule is Cc1sc2nc(/C=C/c3ccc(C#N)cc3)[nH]c(=O)c2c1C. The number of aromatic nitrogens is 2. The maximum absolute atomic E-state index is 12.2. The number of nitrogens with zero attached hydrogens (tertiary/aromatic N) is 2. The Morgan fingerprint density at radius 2 is 1.95 bits per heavy atom. The lowest BCUT2D eigenvalue weighted by atomic mass is 10.1. The number of nitriles is 1. The van der Waals surface area contributed by atoms with E-state index in [9.17, 15) is 4.79 Å². The number of aromatic amines is 1. The summed E-state index contributed by atoms with van der Waals surface area (Å²) in [5.74, 6) is 0.531. The first-order valence-corrected chi connectivity index (χ1v) is 7.58. The summed E-state index contributed by atoms with van der Waals surface area (Å²) in [7, 11) is 0. The summed E-state index contributed by atoms with van der Waals surface area (Å²) in [4.78, 5) is 21.3. The van der Waals surface area contributed by atoms with Gasteiger partial charge in [-0.25, -0.2) is 4.98 Å². The molecule has 3 aromatic rings. The Hall–Kier alpha value is -2.71. The van der Waals surface area contributed by atoms with Crippen LogP contribution in [0.2, 0.25) is 0 Å². The van der Waals surface area contributed by atoms with Gasteiger partial charge in [0, 0.05) is 4.88 Å². The van der Waals surface area contributed by atoms with Crippen LogP contribution in [0.1, 0.15) is 27.4 Å². The van der Waals surface area contributed by atoms with Gasteiger partial charge >= 0.3 is 0 Å².